The number of anilines is 1. The average molecular weight is 183 g/mol. The first-order valence-electron chi connectivity index (χ1n) is 4.76. The predicted octanol–water partition coefficient (Wildman–Crippen LogP) is 2.73. The summed E-state index contributed by atoms with van der Waals surface area (Å²) >= 11 is 0. The maximum atomic E-state index is 5.42. The van der Waals surface area contributed by atoms with Gasteiger partial charge in [0.25, 0.3) is 0 Å². The molecule has 0 saturated heterocycles. The maximum absolute atomic E-state index is 5.42. The lowest BCUT2D eigenvalue weighted by Crippen LogP contribution is -1.97. The van der Waals surface area contributed by atoms with E-state index in [1.807, 2.05) is 41.5 Å². The van der Waals surface area contributed by atoms with Crippen LogP contribution in [0.2, 0.25) is 0 Å². The molecule has 0 saturated carbocycles. The summed E-state index contributed by atoms with van der Waals surface area (Å²) in [7, 11) is 0. The van der Waals surface area contributed by atoms with Gasteiger partial charge in [-0.2, -0.15) is 0 Å². The summed E-state index contributed by atoms with van der Waals surface area (Å²) < 4.78 is 0. The molecule has 1 heterocycles. The second-order valence-corrected chi connectivity index (χ2v) is 1.98. The van der Waals surface area contributed by atoms with E-state index in [2.05, 4.69) is 9.97 Å². The van der Waals surface area contributed by atoms with Crippen LogP contribution >= 0.6 is 0 Å². The van der Waals surface area contributed by atoms with Gasteiger partial charge in [0.05, 0.1) is 17.6 Å². The molecule has 0 unspecified atom stereocenters. The van der Waals surface area contributed by atoms with Gasteiger partial charge < -0.3 is 5.73 Å². The number of aromatic nitrogens is 2. The summed E-state index contributed by atoms with van der Waals surface area (Å²) in [5.41, 5.74) is 7.12. The van der Waals surface area contributed by atoms with Crippen molar-refractivity contribution in [3.05, 3.63) is 17.6 Å². The molecule has 0 aliphatic heterocycles. The van der Waals surface area contributed by atoms with E-state index in [1.165, 1.54) is 0 Å². The standard InChI is InChI=1S/C6H9N3.2C2H6/c1-4-3-8-6(7)5(2)9-4;2*1-2/h3H,1-2H3,(H2,7,8);2*1-2H3. The predicted molar refractivity (Wildman–Crippen MR) is 58.6 cm³/mol. The van der Waals surface area contributed by atoms with Crippen molar-refractivity contribution in [3.63, 3.8) is 0 Å². The molecule has 3 heteroatoms. The average Bonchev–Trinajstić information content (AvgIpc) is 2.18. The maximum Gasteiger partial charge on any atom is 0.144 e. The van der Waals surface area contributed by atoms with Crippen molar-refractivity contribution in [1.82, 2.24) is 9.97 Å². The molecule has 0 aromatic carbocycles. The van der Waals surface area contributed by atoms with Gasteiger partial charge in [0.15, 0.2) is 0 Å². The van der Waals surface area contributed by atoms with Gasteiger partial charge in [-0.15, -0.1) is 0 Å². The molecule has 3 nitrogen and oxygen atoms in total. The van der Waals surface area contributed by atoms with E-state index in [1.54, 1.807) is 6.20 Å². The quantitative estimate of drug-likeness (QED) is 0.672. The third kappa shape index (κ3) is 6.08. The molecule has 1 aromatic heterocycles. The summed E-state index contributed by atoms with van der Waals surface area (Å²) in [5, 5.41) is 0. The van der Waals surface area contributed by atoms with Gasteiger partial charge in [-0.3, -0.25) is 4.98 Å². The fourth-order valence-electron chi connectivity index (χ4n) is 0.607. The van der Waals surface area contributed by atoms with Crippen LogP contribution in [0.1, 0.15) is 39.1 Å². The lowest BCUT2D eigenvalue weighted by Gasteiger charge is -1.96. The number of aryl methyl sites for hydroxylation is 2. The van der Waals surface area contributed by atoms with Crippen LogP contribution in [0.3, 0.4) is 0 Å². The SMILES string of the molecule is CC.CC.Cc1cnc(N)c(C)n1. The van der Waals surface area contributed by atoms with Crippen LogP contribution < -0.4 is 5.73 Å². The summed E-state index contributed by atoms with van der Waals surface area (Å²) in [4.78, 5) is 7.98. The molecule has 0 atom stereocenters. The van der Waals surface area contributed by atoms with Crippen molar-refractivity contribution >= 4 is 5.82 Å². The minimum atomic E-state index is 0.514. The topological polar surface area (TPSA) is 51.8 Å². The Hall–Kier alpha value is -1.12. The number of rotatable bonds is 0. The highest BCUT2D eigenvalue weighted by molar-refractivity contribution is 5.32. The molecular weight excluding hydrogens is 162 g/mol. The Balaban J connectivity index is 0. The van der Waals surface area contributed by atoms with Crippen LogP contribution in [-0.4, -0.2) is 9.97 Å². The van der Waals surface area contributed by atoms with Gasteiger partial charge in [0.2, 0.25) is 0 Å². The van der Waals surface area contributed by atoms with Gasteiger partial charge in [0, 0.05) is 0 Å². The highest BCUT2D eigenvalue weighted by Gasteiger charge is 1.93. The third-order valence-corrected chi connectivity index (χ3v) is 1.11. The van der Waals surface area contributed by atoms with Crippen molar-refractivity contribution in [3.8, 4) is 0 Å². The summed E-state index contributed by atoms with van der Waals surface area (Å²) in [5.74, 6) is 0.514. The largest absolute Gasteiger partial charge is 0.382 e. The normalized spacial score (nSPS) is 7.54. The Morgan fingerprint density at radius 2 is 1.54 bits per heavy atom. The molecular formula is C10H21N3. The molecule has 0 bridgehead atoms. The molecule has 0 aliphatic carbocycles. The molecule has 1 rings (SSSR count). The van der Waals surface area contributed by atoms with Crippen LogP contribution in [0.5, 0.6) is 0 Å². The zero-order valence-electron chi connectivity index (χ0n) is 9.55. The van der Waals surface area contributed by atoms with Gasteiger partial charge in [-0.05, 0) is 13.8 Å². The molecule has 76 valence electrons. The lowest BCUT2D eigenvalue weighted by atomic mass is 10.4. The Kier molecular flexibility index (Phi) is 9.94. The first kappa shape index (κ1) is 14.4. The van der Waals surface area contributed by atoms with Crippen LogP contribution in [0, 0.1) is 13.8 Å². The fraction of sp³-hybridized carbons (Fsp3) is 0.600. The molecule has 0 amide bonds. The fourth-order valence-corrected chi connectivity index (χ4v) is 0.607. The number of hydrogen-bond acceptors (Lipinski definition) is 3. The van der Waals surface area contributed by atoms with Crippen molar-refractivity contribution in [2.45, 2.75) is 41.5 Å². The van der Waals surface area contributed by atoms with Crippen LogP contribution in [0.25, 0.3) is 0 Å². The molecule has 0 fully saturated rings. The Morgan fingerprint density at radius 3 is 1.85 bits per heavy atom. The van der Waals surface area contributed by atoms with E-state index in [0.717, 1.165) is 11.4 Å². The second kappa shape index (κ2) is 8.97. The lowest BCUT2D eigenvalue weighted by molar-refractivity contribution is 1.06. The van der Waals surface area contributed by atoms with E-state index >= 15 is 0 Å². The molecule has 0 spiro atoms. The molecule has 1 aromatic rings. The van der Waals surface area contributed by atoms with Gasteiger partial charge in [-0.1, -0.05) is 27.7 Å². The summed E-state index contributed by atoms with van der Waals surface area (Å²) in [6.07, 6.45) is 1.66. The zero-order chi connectivity index (χ0) is 10.9. The van der Waals surface area contributed by atoms with Crippen LogP contribution in [-0.2, 0) is 0 Å². The van der Waals surface area contributed by atoms with E-state index in [4.69, 9.17) is 5.73 Å². The van der Waals surface area contributed by atoms with Crippen molar-refractivity contribution in [2.75, 3.05) is 5.73 Å². The van der Waals surface area contributed by atoms with Crippen molar-refractivity contribution in [1.29, 1.82) is 0 Å². The number of nitrogens with two attached hydrogens (primary N) is 1. The minimum Gasteiger partial charge on any atom is -0.382 e. The Bertz CT molecular complexity index is 221. The van der Waals surface area contributed by atoms with E-state index in [9.17, 15) is 0 Å². The van der Waals surface area contributed by atoms with E-state index in [-0.39, 0.29) is 0 Å². The molecule has 13 heavy (non-hydrogen) atoms. The van der Waals surface area contributed by atoms with Crippen LogP contribution in [0.4, 0.5) is 5.82 Å². The molecule has 2 N–H and O–H groups in total. The zero-order valence-corrected chi connectivity index (χ0v) is 9.55. The van der Waals surface area contributed by atoms with E-state index < -0.39 is 0 Å². The smallest absolute Gasteiger partial charge is 0.144 e. The Morgan fingerprint density at radius 1 is 1.08 bits per heavy atom. The molecule has 0 aliphatic rings. The van der Waals surface area contributed by atoms with Crippen molar-refractivity contribution in [2.24, 2.45) is 0 Å². The van der Waals surface area contributed by atoms with Crippen LogP contribution in [0.15, 0.2) is 6.20 Å². The number of hydrogen-bond donors (Lipinski definition) is 1. The monoisotopic (exact) mass is 183 g/mol. The first-order valence-corrected chi connectivity index (χ1v) is 4.76. The van der Waals surface area contributed by atoms with E-state index in [0.29, 0.717) is 5.82 Å². The van der Waals surface area contributed by atoms with Gasteiger partial charge in [0.1, 0.15) is 5.82 Å². The number of nitrogen functional groups attached to an aromatic ring is 1. The highest BCUT2D eigenvalue weighted by atomic mass is 14.9. The highest BCUT2D eigenvalue weighted by Crippen LogP contribution is 2.01. The third-order valence-electron chi connectivity index (χ3n) is 1.11. The minimum absolute atomic E-state index is 0.514. The second-order valence-electron chi connectivity index (χ2n) is 1.98. The number of nitrogens with zero attached hydrogens (tertiary/aromatic N) is 2. The van der Waals surface area contributed by atoms with Gasteiger partial charge in [-0.25, -0.2) is 4.98 Å². The van der Waals surface area contributed by atoms with Crippen molar-refractivity contribution < 1.29 is 0 Å². The van der Waals surface area contributed by atoms with Gasteiger partial charge >= 0.3 is 0 Å². The first-order chi connectivity index (χ1) is 6.20. The molecule has 0 radical (unpaired) electrons. The summed E-state index contributed by atoms with van der Waals surface area (Å²) in [6, 6.07) is 0. The summed E-state index contributed by atoms with van der Waals surface area (Å²) in [6.45, 7) is 11.7. The Labute approximate surface area is 81.4 Å².